The molecule has 1 atom stereocenters. The fourth-order valence-corrected chi connectivity index (χ4v) is 4.99. The number of rotatable bonds is 7. The molecule has 5 rings (SSSR count). The molecule has 0 unspecified atom stereocenters. The summed E-state index contributed by atoms with van der Waals surface area (Å²) >= 11 is 0. The number of ether oxygens (including phenoxy) is 1. The molecule has 1 aliphatic carbocycles. The number of aromatic nitrogens is 2. The SMILES string of the molecule is COc1ccccc1CNC(=O)[C@@]1(C)Cn2cnc(C(=O)Nc3cc(C)ccc3C)c2C(=O)N1C1CC1. The smallest absolute Gasteiger partial charge is 0.276 e. The van der Waals surface area contributed by atoms with Crippen molar-refractivity contribution in [1.82, 2.24) is 19.8 Å². The Kier molecular flexibility index (Phi) is 6.23. The Balaban J connectivity index is 1.41. The van der Waals surface area contributed by atoms with Gasteiger partial charge in [-0.1, -0.05) is 30.3 Å². The van der Waals surface area contributed by atoms with Crippen molar-refractivity contribution >= 4 is 23.4 Å². The van der Waals surface area contributed by atoms with Crippen molar-refractivity contribution in [3.63, 3.8) is 0 Å². The monoisotopic (exact) mass is 501 g/mol. The molecule has 3 amide bonds. The predicted molar refractivity (Wildman–Crippen MR) is 139 cm³/mol. The Morgan fingerprint density at radius 1 is 1.16 bits per heavy atom. The molecule has 192 valence electrons. The minimum Gasteiger partial charge on any atom is -0.496 e. The highest BCUT2D eigenvalue weighted by molar-refractivity contribution is 6.12. The van der Waals surface area contributed by atoms with E-state index < -0.39 is 11.4 Å². The number of aryl methyl sites for hydroxylation is 2. The number of carbonyl (C=O) groups excluding carboxylic acids is 3. The van der Waals surface area contributed by atoms with E-state index in [4.69, 9.17) is 4.74 Å². The van der Waals surface area contributed by atoms with Gasteiger partial charge in [-0.25, -0.2) is 4.98 Å². The number of anilines is 1. The van der Waals surface area contributed by atoms with Gasteiger partial charge in [0.1, 0.15) is 17.0 Å². The lowest BCUT2D eigenvalue weighted by atomic mass is 9.93. The molecule has 37 heavy (non-hydrogen) atoms. The fraction of sp³-hybridized carbons (Fsp3) is 0.357. The molecule has 2 aromatic carbocycles. The lowest BCUT2D eigenvalue weighted by molar-refractivity contribution is -0.133. The van der Waals surface area contributed by atoms with E-state index in [9.17, 15) is 14.4 Å². The normalized spacial score (nSPS) is 18.8. The molecule has 1 aliphatic heterocycles. The van der Waals surface area contributed by atoms with E-state index in [1.807, 2.05) is 56.3 Å². The van der Waals surface area contributed by atoms with Crippen LogP contribution in [-0.4, -0.2) is 50.9 Å². The van der Waals surface area contributed by atoms with Crippen molar-refractivity contribution in [3.05, 3.63) is 76.9 Å². The summed E-state index contributed by atoms with van der Waals surface area (Å²) in [5, 5.41) is 5.90. The average molecular weight is 502 g/mol. The highest BCUT2D eigenvalue weighted by Gasteiger charge is 2.53. The van der Waals surface area contributed by atoms with E-state index in [-0.39, 0.29) is 42.3 Å². The van der Waals surface area contributed by atoms with Crippen LogP contribution >= 0.6 is 0 Å². The van der Waals surface area contributed by atoms with Crippen LogP contribution in [-0.2, 0) is 17.9 Å². The molecule has 0 spiro atoms. The van der Waals surface area contributed by atoms with Gasteiger partial charge in [0.05, 0.1) is 20.0 Å². The first kappa shape index (κ1) is 24.5. The average Bonchev–Trinajstić information content (AvgIpc) is 3.62. The van der Waals surface area contributed by atoms with E-state index in [2.05, 4.69) is 15.6 Å². The summed E-state index contributed by atoms with van der Waals surface area (Å²) in [6.07, 6.45) is 3.11. The van der Waals surface area contributed by atoms with Crippen LogP contribution in [0.25, 0.3) is 0 Å². The first-order valence-corrected chi connectivity index (χ1v) is 12.4. The molecule has 2 heterocycles. The maximum absolute atomic E-state index is 13.8. The van der Waals surface area contributed by atoms with Gasteiger partial charge in [-0.2, -0.15) is 0 Å². The molecular weight excluding hydrogens is 470 g/mol. The Hall–Kier alpha value is -4.14. The van der Waals surface area contributed by atoms with Gasteiger partial charge < -0.3 is 24.8 Å². The number of carbonyl (C=O) groups is 3. The number of methoxy groups -OCH3 is 1. The number of hydrogen-bond donors (Lipinski definition) is 2. The maximum atomic E-state index is 13.8. The number of hydrogen-bond acceptors (Lipinski definition) is 5. The van der Waals surface area contributed by atoms with Gasteiger partial charge in [-0.05, 0) is 56.9 Å². The summed E-state index contributed by atoms with van der Waals surface area (Å²) in [7, 11) is 1.59. The second-order valence-electron chi connectivity index (χ2n) is 10.0. The van der Waals surface area contributed by atoms with Crippen LogP contribution in [0.5, 0.6) is 5.75 Å². The first-order chi connectivity index (χ1) is 17.7. The van der Waals surface area contributed by atoms with Crippen molar-refractivity contribution in [1.29, 1.82) is 0 Å². The van der Waals surface area contributed by atoms with Gasteiger partial charge in [0, 0.05) is 23.8 Å². The van der Waals surface area contributed by atoms with E-state index in [0.29, 0.717) is 11.4 Å². The van der Waals surface area contributed by atoms with Gasteiger partial charge >= 0.3 is 0 Å². The molecule has 1 fully saturated rings. The lowest BCUT2D eigenvalue weighted by Crippen LogP contribution is -2.64. The number of benzene rings is 2. The maximum Gasteiger partial charge on any atom is 0.276 e. The standard InChI is InChI=1S/C28H31N5O4/c1-17-9-10-18(2)21(13-17)31-25(34)23-24-26(35)33(20-11-12-20)28(3,15-32(24)16-30-23)27(36)29-14-19-7-5-6-8-22(19)37-4/h5-10,13,16,20H,11-12,14-15H2,1-4H3,(H,29,36)(H,31,34)/t28-/m1/s1. The van der Waals surface area contributed by atoms with Gasteiger partial charge in [-0.15, -0.1) is 0 Å². The van der Waals surface area contributed by atoms with Crippen LogP contribution in [0.3, 0.4) is 0 Å². The molecule has 3 aromatic rings. The Morgan fingerprint density at radius 2 is 1.92 bits per heavy atom. The zero-order valence-electron chi connectivity index (χ0n) is 21.5. The third kappa shape index (κ3) is 4.45. The lowest BCUT2D eigenvalue weighted by Gasteiger charge is -2.44. The number of para-hydroxylation sites is 1. The van der Waals surface area contributed by atoms with Gasteiger partial charge in [0.15, 0.2) is 5.69 Å². The number of amides is 3. The second-order valence-corrected chi connectivity index (χ2v) is 10.0. The highest BCUT2D eigenvalue weighted by atomic mass is 16.5. The summed E-state index contributed by atoms with van der Waals surface area (Å²) < 4.78 is 7.02. The Bertz CT molecular complexity index is 1390. The minimum atomic E-state index is -1.13. The third-order valence-electron chi connectivity index (χ3n) is 7.16. The molecule has 2 N–H and O–H groups in total. The van der Waals surface area contributed by atoms with E-state index in [1.165, 1.54) is 6.33 Å². The summed E-state index contributed by atoms with van der Waals surface area (Å²) in [5.41, 5.74) is 2.59. The first-order valence-electron chi connectivity index (χ1n) is 12.4. The van der Waals surface area contributed by atoms with Crippen molar-refractivity contribution < 1.29 is 19.1 Å². The minimum absolute atomic E-state index is 0.0481. The molecule has 0 radical (unpaired) electrons. The third-order valence-corrected chi connectivity index (χ3v) is 7.16. The number of nitrogens with one attached hydrogen (secondary N) is 2. The van der Waals surface area contributed by atoms with E-state index in [0.717, 1.165) is 29.5 Å². The summed E-state index contributed by atoms with van der Waals surface area (Å²) in [6, 6.07) is 13.2. The molecule has 0 bridgehead atoms. The summed E-state index contributed by atoms with van der Waals surface area (Å²) in [5.74, 6) is -0.384. The quantitative estimate of drug-likeness (QED) is 0.516. The molecule has 2 aliphatic rings. The van der Waals surface area contributed by atoms with Crippen molar-refractivity contribution in [2.45, 2.75) is 58.3 Å². The van der Waals surface area contributed by atoms with Crippen LogP contribution in [0.2, 0.25) is 0 Å². The van der Waals surface area contributed by atoms with Crippen LogP contribution < -0.4 is 15.4 Å². The van der Waals surface area contributed by atoms with Gasteiger partial charge in [-0.3, -0.25) is 14.4 Å². The fourth-order valence-electron chi connectivity index (χ4n) is 4.99. The van der Waals surface area contributed by atoms with Crippen LogP contribution in [0.4, 0.5) is 5.69 Å². The van der Waals surface area contributed by atoms with Gasteiger partial charge in [0.2, 0.25) is 5.91 Å². The Labute approximate surface area is 215 Å². The largest absolute Gasteiger partial charge is 0.496 e. The number of imidazole rings is 1. The highest BCUT2D eigenvalue weighted by Crippen LogP contribution is 2.39. The molecule has 1 saturated carbocycles. The van der Waals surface area contributed by atoms with E-state index in [1.54, 1.807) is 23.5 Å². The Morgan fingerprint density at radius 3 is 2.65 bits per heavy atom. The number of nitrogens with zero attached hydrogens (tertiary/aromatic N) is 3. The zero-order chi connectivity index (χ0) is 26.3. The molecule has 1 aromatic heterocycles. The summed E-state index contributed by atoms with van der Waals surface area (Å²) in [4.78, 5) is 46.6. The molecular formula is C28H31N5O4. The van der Waals surface area contributed by atoms with Crippen LogP contribution in [0.1, 0.15) is 57.4 Å². The van der Waals surface area contributed by atoms with Crippen molar-refractivity contribution in [2.75, 3.05) is 12.4 Å². The van der Waals surface area contributed by atoms with Crippen molar-refractivity contribution in [3.8, 4) is 5.75 Å². The van der Waals surface area contributed by atoms with E-state index >= 15 is 0 Å². The van der Waals surface area contributed by atoms with Crippen LogP contribution in [0, 0.1) is 13.8 Å². The second kappa shape index (κ2) is 9.38. The summed E-state index contributed by atoms with van der Waals surface area (Å²) in [6.45, 7) is 6.11. The molecule has 9 nitrogen and oxygen atoms in total. The van der Waals surface area contributed by atoms with Gasteiger partial charge in [0.25, 0.3) is 11.8 Å². The van der Waals surface area contributed by atoms with Crippen molar-refractivity contribution in [2.24, 2.45) is 0 Å². The topological polar surface area (TPSA) is 106 Å². The zero-order valence-corrected chi connectivity index (χ0v) is 21.5. The molecule has 0 saturated heterocycles. The molecule has 9 heteroatoms. The number of fused-ring (bicyclic) bond motifs is 1. The predicted octanol–water partition coefficient (Wildman–Crippen LogP) is 3.45. The van der Waals surface area contributed by atoms with Crippen LogP contribution in [0.15, 0.2) is 48.8 Å².